The fourth-order valence-electron chi connectivity index (χ4n) is 2.73. The van der Waals surface area contributed by atoms with E-state index in [2.05, 4.69) is 25.4 Å². The lowest BCUT2D eigenvalue weighted by Crippen LogP contribution is -2.41. The summed E-state index contributed by atoms with van der Waals surface area (Å²) in [4.78, 5) is 12.8. The molecular formula is C16H23IN6O. The number of halogens is 1. The number of nitrogens with zero attached hydrogens (tertiary/aromatic N) is 4. The molecule has 24 heavy (non-hydrogen) atoms. The molecule has 0 amide bonds. The van der Waals surface area contributed by atoms with Crippen molar-refractivity contribution in [3.63, 3.8) is 0 Å². The Labute approximate surface area is 158 Å². The maximum atomic E-state index is 5.93. The number of rotatable bonds is 5. The smallest absolute Gasteiger partial charge is 0.276 e. The first-order chi connectivity index (χ1) is 11.3. The summed E-state index contributed by atoms with van der Waals surface area (Å²) in [6.07, 6.45) is 8.49. The number of guanidine groups is 1. The molecule has 3 rings (SSSR count). The summed E-state index contributed by atoms with van der Waals surface area (Å²) in [5, 5.41) is 7.24. The number of nitrogens with two attached hydrogens (primary N) is 1. The fourth-order valence-corrected chi connectivity index (χ4v) is 2.73. The molecule has 0 radical (unpaired) electrons. The fraction of sp³-hybridized carbons (Fsp3) is 0.500. The Kier molecular flexibility index (Phi) is 7.41. The van der Waals surface area contributed by atoms with E-state index in [1.807, 2.05) is 18.2 Å². The number of pyridine rings is 1. The SMILES string of the molecule is I.NC(=NCCc1noc(-c2ccccn2)n1)NC1CCCCC1. The molecular weight excluding hydrogens is 419 g/mol. The van der Waals surface area contributed by atoms with E-state index in [4.69, 9.17) is 10.3 Å². The molecule has 1 fully saturated rings. The van der Waals surface area contributed by atoms with E-state index >= 15 is 0 Å². The molecule has 1 saturated carbocycles. The second kappa shape index (κ2) is 9.55. The van der Waals surface area contributed by atoms with E-state index in [0.717, 1.165) is 0 Å². The van der Waals surface area contributed by atoms with Crippen LogP contribution in [0.3, 0.4) is 0 Å². The summed E-state index contributed by atoms with van der Waals surface area (Å²) in [6, 6.07) is 6.03. The molecule has 0 spiro atoms. The lowest BCUT2D eigenvalue weighted by Gasteiger charge is -2.23. The van der Waals surface area contributed by atoms with Gasteiger partial charge in [-0.3, -0.25) is 9.98 Å². The normalized spacial score (nSPS) is 15.8. The van der Waals surface area contributed by atoms with Crippen LogP contribution in [-0.4, -0.2) is 33.7 Å². The lowest BCUT2D eigenvalue weighted by atomic mass is 9.96. The molecule has 0 bridgehead atoms. The van der Waals surface area contributed by atoms with Crippen LogP contribution in [0, 0.1) is 0 Å². The average molecular weight is 442 g/mol. The number of aliphatic imine (C=N–C) groups is 1. The van der Waals surface area contributed by atoms with E-state index in [1.165, 1.54) is 32.1 Å². The van der Waals surface area contributed by atoms with Gasteiger partial charge in [0.25, 0.3) is 5.89 Å². The van der Waals surface area contributed by atoms with Gasteiger partial charge >= 0.3 is 0 Å². The third kappa shape index (κ3) is 5.43. The summed E-state index contributed by atoms with van der Waals surface area (Å²) in [7, 11) is 0. The number of hydrogen-bond acceptors (Lipinski definition) is 5. The van der Waals surface area contributed by atoms with Crippen LogP contribution in [0.1, 0.15) is 37.9 Å². The van der Waals surface area contributed by atoms with Crippen LogP contribution in [0.15, 0.2) is 33.9 Å². The van der Waals surface area contributed by atoms with E-state index in [0.29, 0.717) is 42.4 Å². The van der Waals surface area contributed by atoms with Gasteiger partial charge in [0.05, 0.1) is 0 Å². The third-order valence-corrected chi connectivity index (χ3v) is 3.93. The molecule has 7 nitrogen and oxygen atoms in total. The topological polar surface area (TPSA) is 102 Å². The van der Waals surface area contributed by atoms with Crippen LogP contribution in [0.2, 0.25) is 0 Å². The summed E-state index contributed by atoms with van der Waals surface area (Å²) < 4.78 is 5.21. The second-order valence-corrected chi connectivity index (χ2v) is 5.73. The molecule has 0 unspecified atom stereocenters. The van der Waals surface area contributed by atoms with Crippen LogP contribution in [0.4, 0.5) is 0 Å². The van der Waals surface area contributed by atoms with Gasteiger partial charge in [-0.25, -0.2) is 0 Å². The maximum Gasteiger partial charge on any atom is 0.276 e. The summed E-state index contributed by atoms with van der Waals surface area (Å²) >= 11 is 0. The van der Waals surface area contributed by atoms with Crippen molar-refractivity contribution in [1.82, 2.24) is 20.4 Å². The van der Waals surface area contributed by atoms with Gasteiger partial charge in [0, 0.05) is 25.2 Å². The van der Waals surface area contributed by atoms with Gasteiger partial charge in [-0.2, -0.15) is 4.98 Å². The lowest BCUT2D eigenvalue weighted by molar-refractivity contribution is 0.412. The Bertz CT molecular complexity index is 639. The van der Waals surface area contributed by atoms with Crippen molar-refractivity contribution in [2.45, 2.75) is 44.6 Å². The molecule has 130 valence electrons. The molecule has 3 N–H and O–H groups in total. The molecule has 8 heteroatoms. The van der Waals surface area contributed by atoms with Gasteiger partial charge in [0.1, 0.15) is 5.69 Å². The molecule has 1 aliphatic rings. The maximum absolute atomic E-state index is 5.93. The molecule has 2 aromatic rings. The zero-order chi connectivity index (χ0) is 15.9. The predicted molar refractivity (Wildman–Crippen MR) is 103 cm³/mol. The van der Waals surface area contributed by atoms with E-state index < -0.39 is 0 Å². The van der Waals surface area contributed by atoms with Gasteiger partial charge in [-0.05, 0) is 25.0 Å². The van der Waals surface area contributed by atoms with Crippen molar-refractivity contribution in [3.8, 4) is 11.6 Å². The minimum Gasteiger partial charge on any atom is -0.370 e. The van der Waals surface area contributed by atoms with Crippen molar-refractivity contribution in [1.29, 1.82) is 0 Å². The summed E-state index contributed by atoms with van der Waals surface area (Å²) in [5.74, 6) is 1.54. The quantitative estimate of drug-likeness (QED) is 0.419. The van der Waals surface area contributed by atoms with E-state index in [-0.39, 0.29) is 24.0 Å². The van der Waals surface area contributed by atoms with Gasteiger partial charge in [-0.15, -0.1) is 24.0 Å². The standard InChI is InChI=1S/C16H22N6O.HI/c17-16(20-12-6-2-1-3-7-12)19-11-9-14-21-15(23-22-14)13-8-4-5-10-18-13;/h4-5,8,10,12H,1-3,6-7,9,11H2,(H3,17,19,20);1H. The van der Waals surface area contributed by atoms with Gasteiger partial charge < -0.3 is 15.6 Å². The van der Waals surface area contributed by atoms with Crippen LogP contribution in [0.5, 0.6) is 0 Å². The predicted octanol–water partition coefficient (Wildman–Crippen LogP) is 2.53. The number of hydrogen-bond donors (Lipinski definition) is 2. The summed E-state index contributed by atoms with van der Waals surface area (Å²) in [6.45, 7) is 0.534. The first kappa shape index (κ1) is 18.6. The zero-order valence-electron chi connectivity index (χ0n) is 13.5. The van der Waals surface area contributed by atoms with E-state index in [1.54, 1.807) is 6.20 Å². The first-order valence-corrected chi connectivity index (χ1v) is 8.12. The third-order valence-electron chi connectivity index (χ3n) is 3.93. The Morgan fingerprint density at radius 1 is 1.29 bits per heavy atom. The highest BCUT2D eigenvalue weighted by atomic mass is 127. The molecule has 0 saturated heterocycles. The Morgan fingerprint density at radius 2 is 2.12 bits per heavy atom. The molecule has 0 atom stereocenters. The van der Waals surface area contributed by atoms with Gasteiger partial charge in [0.2, 0.25) is 0 Å². The van der Waals surface area contributed by atoms with Crippen LogP contribution < -0.4 is 11.1 Å². The molecule has 0 aliphatic heterocycles. The highest BCUT2D eigenvalue weighted by Gasteiger charge is 2.13. The van der Waals surface area contributed by atoms with Crippen molar-refractivity contribution in [3.05, 3.63) is 30.2 Å². The van der Waals surface area contributed by atoms with Gasteiger partial charge in [-0.1, -0.05) is 30.5 Å². The largest absolute Gasteiger partial charge is 0.370 e. The number of aromatic nitrogens is 3. The highest BCUT2D eigenvalue weighted by molar-refractivity contribution is 14.0. The second-order valence-electron chi connectivity index (χ2n) is 5.73. The zero-order valence-corrected chi connectivity index (χ0v) is 15.8. The van der Waals surface area contributed by atoms with Crippen molar-refractivity contribution in [2.24, 2.45) is 10.7 Å². The Hall–Kier alpha value is -1.71. The molecule has 2 heterocycles. The molecule has 0 aromatic carbocycles. The van der Waals surface area contributed by atoms with Gasteiger partial charge in [0.15, 0.2) is 11.8 Å². The highest BCUT2D eigenvalue weighted by Crippen LogP contribution is 2.17. The molecule has 1 aliphatic carbocycles. The average Bonchev–Trinajstić information content (AvgIpc) is 3.05. The first-order valence-electron chi connectivity index (χ1n) is 8.12. The molecule has 2 aromatic heterocycles. The van der Waals surface area contributed by atoms with Crippen LogP contribution >= 0.6 is 24.0 Å². The minimum atomic E-state index is 0. The van der Waals surface area contributed by atoms with Crippen molar-refractivity contribution < 1.29 is 4.52 Å². The monoisotopic (exact) mass is 442 g/mol. The Balaban J connectivity index is 0.00000208. The van der Waals surface area contributed by atoms with Crippen LogP contribution in [-0.2, 0) is 6.42 Å². The van der Waals surface area contributed by atoms with E-state index in [9.17, 15) is 0 Å². The summed E-state index contributed by atoms with van der Waals surface area (Å²) in [5.41, 5.74) is 6.60. The number of nitrogens with one attached hydrogen (secondary N) is 1. The minimum absolute atomic E-state index is 0. The van der Waals surface area contributed by atoms with Crippen LogP contribution in [0.25, 0.3) is 11.6 Å². The van der Waals surface area contributed by atoms with Crippen molar-refractivity contribution >= 4 is 29.9 Å². The van der Waals surface area contributed by atoms with Crippen molar-refractivity contribution in [2.75, 3.05) is 6.54 Å². The Morgan fingerprint density at radius 3 is 2.88 bits per heavy atom.